The minimum atomic E-state index is -0.302. The second kappa shape index (κ2) is 6.85. The van der Waals surface area contributed by atoms with Crippen molar-refractivity contribution in [3.8, 4) is 0 Å². The Morgan fingerprint density at radius 1 is 1.30 bits per heavy atom. The highest BCUT2D eigenvalue weighted by Crippen LogP contribution is 2.26. The van der Waals surface area contributed by atoms with E-state index in [4.69, 9.17) is 11.6 Å². The summed E-state index contributed by atoms with van der Waals surface area (Å²) < 4.78 is 0.694. The first-order chi connectivity index (χ1) is 9.63. The van der Waals surface area contributed by atoms with Crippen LogP contribution >= 0.6 is 38.9 Å². The number of hydrazine groups is 2. The number of anilines is 1. The van der Waals surface area contributed by atoms with Gasteiger partial charge in [0.15, 0.2) is 0 Å². The highest BCUT2D eigenvalue weighted by molar-refractivity contribution is 9.10. The van der Waals surface area contributed by atoms with Crippen molar-refractivity contribution in [3.05, 3.63) is 50.1 Å². The van der Waals surface area contributed by atoms with E-state index >= 15 is 0 Å². The molecule has 2 aromatic rings. The van der Waals surface area contributed by atoms with Gasteiger partial charge < -0.3 is 0 Å². The maximum absolute atomic E-state index is 12.5. The van der Waals surface area contributed by atoms with E-state index in [1.54, 1.807) is 35.7 Å². The maximum atomic E-state index is 12.5. The van der Waals surface area contributed by atoms with Crippen molar-refractivity contribution in [2.45, 2.75) is 0 Å². The van der Waals surface area contributed by atoms with E-state index in [9.17, 15) is 9.59 Å². The van der Waals surface area contributed by atoms with Gasteiger partial charge in [0.05, 0.1) is 5.69 Å². The van der Waals surface area contributed by atoms with Crippen LogP contribution in [0.5, 0.6) is 0 Å². The van der Waals surface area contributed by atoms with E-state index in [1.807, 2.05) is 0 Å². The Labute approximate surface area is 132 Å². The molecule has 0 aliphatic rings. The van der Waals surface area contributed by atoms with Crippen molar-refractivity contribution in [1.29, 1.82) is 0 Å². The van der Waals surface area contributed by atoms with E-state index in [2.05, 4.69) is 26.9 Å². The lowest BCUT2D eigenvalue weighted by Crippen LogP contribution is -2.50. The molecule has 104 valence electrons. The van der Waals surface area contributed by atoms with Gasteiger partial charge in [0.1, 0.15) is 4.88 Å². The number of nitrogens with zero attached hydrogens (tertiary/aromatic N) is 1. The monoisotopic (exact) mass is 373 g/mol. The Bertz CT molecular complexity index is 617. The second-order valence-electron chi connectivity index (χ2n) is 3.59. The molecule has 2 rings (SSSR count). The molecule has 0 bridgehead atoms. The van der Waals surface area contributed by atoms with Gasteiger partial charge in [0.25, 0.3) is 5.91 Å². The lowest BCUT2D eigenvalue weighted by molar-refractivity contribution is -0.110. The molecular formula is C12H9BrClN3O2S. The Hall–Kier alpha value is -1.41. The number of hydrogen-bond donors (Lipinski definition) is 2. The van der Waals surface area contributed by atoms with Crippen LogP contribution < -0.4 is 16.0 Å². The molecule has 5 nitrogen and oxygen atoms in total. The molecule has 1 aromatic carbocycles. The largest absolute Gasteiger partial charge is 0.285 e. The molecule has 0 unspecified atom stereocenters. The third-order valence-electron chi connectivity index (χ3n) is 2.33. The summed E-state index contributed by atoms with van der Waals surface area (Å²) in [6, 6.07) is 8.43. The first kappa shape index (κ1) is 15.0. The summed E-state index contributed by atoms with van der Waals surface area (Å²) in [6.45, 7) is 0. The summed E-state index contributed by atoms with van der Waals surface area (Å²) in [5.41, 5.74) is 5.33. The number of carbonyl (C=O) groups excluding carboxylic acids is 2. The van der Waals surface area contributed by atoms with Crippen LogP contribution in [0, 0.1) is 0 Å². The van der Waals surface area contributed by atoms with Crippen molar-refractivity contribution in [1.82, 2.24) is 11.0 Å². The summed E-state index contributed by atoms with van der Waals surface area (Å²) in [4.78, 5) is 23.4. The molecule has 0 spiro atoms. The van der Waals surface area contributed by atoms with Gasteiger partial charge in [-0.3, -0.25) is 15.0 Å². The van der Waals surface area contributed by atoms with Crippen molar-refractivity contribution < 1.29 is 9.59 Å². The fraction of sp³-hybridized carbons (Fsp3) is 0. The fourth-order valence-corrected chi connectivity index (χ4v) is 3.06. The van der Waals surface area contributed by atoms with Crippen LogP contribution in [0.4, 0.5) is 5.69 Å². The second-order valence-corrected chi connectivity index (χ2v) is 5.80. The number of rotatable bonds is 5. The van der Waals surface area contributed by atoms with Crippen LogP contribution in [0.15, 0.2) is 40.2 Å². The first-order valence-electron chi connectivity index (χ1n) is 5.41. The molecule has 2 amide bonds. The molecule has 0 aliphatic heterocycles. The minimum absolute atomic E-state index is 0.302. The van der Waals surface area contributed by atoms with Crippen molar-refractivity contribution in [3.63, 3.8) is 0 Å². The number of benzene rings is 1. The molecule has 20 heavy (non-hydrogen) atoms. The number of carbonyl (C=O) groups is 2. The lowest BCUT2D eigenvalue weighted by Gasteiger charge is -2.22. The molecular weight excluding hydrogens is 366 g/mol. The van der Waals surface area contributed by atoms with Crippen LogP contribution in [-0.4, -0.2) is 12.3 Å². The van der Waals surface area contributed by atoms with Gasteiger partial charge in [-0.15, -0.1) is 16.9 Å². The first-order valence-corrected chi connectivity index (χ1v) is 7.46. The topological polar surface area (TPSA) is 61.4 Å². The van der Waals surface area contributed by atoms with Crippen LogP contribution in [0.3, 0.4) is 0 Å². The standard InChI is InChI=1S/C12H9BrClN3O2S/c13-10-5-6-20-11(10)12(19)17(16-15-7-18)9-3-1-8(14)2-4-9/h1-7,16H,(H,15,18). The molecule has 0 aliphatic carbocycles. The number of hydrogen-bond acceptors (Lipinski definition) is 4. The normalized spacial score (nSPS) is 10.1. The van der Waals surface area contributed by atoms with E-state index in [1.165, 1.54) is 16.3 Å². The predicted octanol–water partition coefficient (Wildman–Crippen LogP) is 2.98. The van der Waals surface area contributed by atoms with E-state index in [0.29, 0.717) is 26.5 Å². The van der Waals surface area contributed by atoms with Gasteiger partial charge in [-0.2, -0.15) is 0 Å². The van der Waals surface area contributed by atoms with Crippen LogP contribution in [0.1, 0.15) is 9.67 Å². The zero-order chi connectivity index (χ0) is 14.5. The molecule has 1 aromatic heterocycles. The summed E-state index contributed by atoms with van der Waals surface area (Å²) >= 11 is 10.4. The molecule has 0 saturated carbocycles. The smallest absolute Gasteiger partial charge is 0.277 e. The fourth-order valence-electron chi connectivity index (χ4n) is 1.46. The Morgan fingerprint density at radius 3 is 2.55 bits per heavy atom. The predicted molar refractivity (Wildman–Crippen MR) is 82.6 cm³/mol. The van der Waals surface area contributed by atoms with E-state index < -0.39 is 0 Å². The lowest BCUT2D eigenvalue weighted by atomic mass is 10.3. The molecule has 2 N–H and O–H groups in total. The average Bonchev–Trinajstić information content (AvgIpc) is 2.87. The molecule has 0 atom stereocenters. The number of thiophene rings is 1. The van der Waals surface area contributed by atoms with E-state index in [-0.39, 0.29) is 5.91 Å². The van der Waals surface area contributed by atoms with Crippen LogP contribution in [0.25, 0.3) is 0 Å². The van der Waals surface area contributed by atoms with Crippen molar-refractivity contribution >= 4 is 56.9 Å². The third kappa shape index (κ3) is 3.37. The Kier molecular flexibility index (Phi) is 5.13. The van der Waals surface area contributed by atoms with Gasteiger partial charge in [-0.1, -0.05) is 11.6 Å². The average molecular weight is 375 g/mol. The molecule has 0 radical (unpaired) electrons. The SMILES string of the molecule is O=CNNN(C(=O)c1sccc1Br)c1ccc(Cl)cc1. The maximum Gasteiger partial charge on any atom is 0.285 e. The zero-order valence-corrected chi connectivity index (χ0v) is 13.1. The highest BCUT2D eigenvalue weighted by Gasteiger charge is 2.21. The molecule has 0 saturated heterocycles. The third-order valence-corrected chi connectivity index (χ3v) is 4.41. The molecule has 1 heterocycles. The van der Waals surface area contributed by atoms with E-state index in [0.717, 1.165) is 0 Å². The highest BCUT2D eigenvalue weighted by atomic mass is 79.9. The minimum Gasteiger partial charge on any atom is -0.277 e. The quantitative estimate of drug-likeness (QED) is 0.625. The van der Waals surface area contributed by atoms with Crippen LogP contribution in [0.2, 0.25) is 5.02 Å². The summed E-state index contributed by atoms with van der Waals surface area (Å²) in [5.74, 6) is -0.302. The Morgan fingerprint density at radius 2 is 2.00 bits per heavy atom. The van der Waals surface area contributed by atoms with Gasteiger partial charge in [-0.25, -0.2) is 5.01 Å². The van der Waals surface area contributed by atoms with Gasteiger partial charge >= 0.3 is 0 Å². The number of nitrogens with one attached hydrogen (secondary N) is 2. The summed E-state index contributed by atoms with van der Waals surface area (Å²) in [7, 11) is 0. The van der Waals surface area contributed by atoms with Crippen molar-refractivity contribution in [2.75, 3.05) is 5.01 Å². The number of amides is 2. The molecule has 0 fully saturated rings. The van der Waals surface area contributed by atoms with Gasteiger partial charge in [0.2, 0.25) is 6.41 Å². The number of halogens is 2. The van der Waals surface area contributed by atoms with Crippen molar-refractivity contribution in [2.24, 2.45) is 0 Å². The summed E-state index contributed by atoms with van der Waals surface area (Å²) in [6.07, 6.45) is 0.444. The summed E-state index contributed by atoms with van der Waals surface area (Å²) in [5, 5.41) is 3.58. The van der Waals surface area contributed by atoms with Gasteiger partial charge in [0, 0.05) is 9.50 Å². The zero-order valence-electron chi connectivity index (χ0n) is 9.97. The van der Waals surface area contributed by atoms with Crippen LogP contribution in [-0.2, 0) is 4.79 Å². The van der Waals surface area contributed by atoms with Gasteiger partial charge in [-0.05, 0) is 51.6 Å². The molecule has 8 heteroatoms. The Balaban J connectivity index is 2.32.